The van der Waals surface area contributed by atoms with Gasteiger partial charge in [-0.1, -0.05) is 6.42 Å². The van der Waals surface area contributed by atoms with E-state index < -0.39 is 10.0 Å². The summed E-state index contributed by atoms with van der Waals surface area (Å²) in [6, 6.07) is 0.572. The van der Waals surface area contributed by atoms with Gasteiger partial charge < -0.3 is 5.32 Å². The predicted molar refractivity (Wildman–Crippen MR) is 80.2 cm³/mol. The van der Waals surface area contributed by atoms with Crippen LogP contribution in [0.25, 0.3) is 0 Å². The lowest BCUT2D eigenvalue weighted by Crippen LogP contribution is -2.62. The van der Waals surface area contributed by atoms with E-state index in [9.17, 15) is 8.42 Å². The summed E-state index contributed by atoms with van der Waals surface area (Å²) in [7, 11) is -3.14. The Hall–Kier alpha value is -0.170. The largest absolute Gasteiger partial charge is 0.315 e. The van der Waals surface area contributed by atoms with Crippen molar-refractivity contribution in [1.82, 2.24) is 14.5 Å². The van der Waals surface area contributed by atoms with Crippen molar-refractivity contribution in [2.24, 2.45) is 0 Å². The smallest absolute Gasteiger partial charge is 0.218 e. The lowest BCUT2D eigenvalue weighted by molar-refractivity contribution is 0.0558. The number of fused-ring (bicyclic) bond motifs is 1. The van der Waals surface area contributed by atoms with Crippen LogP contribution in [0.3, 0.4) is 0 Å². The number of piperazine rings is 1. The number of piperidine rings is 2. The average molecular weight is 301 g/mol. The highest BCUT2D eigenvalue weighted by atomic mass is 32.2. The number of hydrogen-bond donors (Lipinski definition) is 1. The lowest BCUT2D eigenvalue weighted by atomic mass is 9.99. The molecule has 0 aliphatic carbocycles. The van der Waals surface area contributed by atoms with Crippen molar-refractivity contribution in [3.63, 3.8) is 0 Å². The number of hydrogen-bond acceptors (Lipinski definition) is 4. The van der Waals surface area contributed by atoms with Gasteiger partial charge in [0.15, 0.2) is 0 Å². The van der Waals surface area contributed by atoms with Gasteiger partial charge in [-0.2, -0.15) is 4.31 Å². The molecule has 3 aliphatic rings. The zero-order valence-electron chi connectivity index (χ0n) is 12.4. The van der Waals surface area contributed by atoms with Crippen LogP contribution in [-0.2, 0) is 10.0 Å². The molecule has 0 radical (unpaired) electrons. The standard InChI is InChI=1S/C14H27N3O2S/c1-12-10-16-8-3-2-5-13(16)11-17(12)20(18,19)14-6-4-7-15-9-14/h12-15H,2-11H2,1H3. The Bertz CT molecular complexity index is 434. The molecule has 1 N–H and O–H groups in total. The summed E-state index contributed by atoms with van der Waals surface area (Å²) in [4.78, 5) is 2.50. The number of rotatable bonds is 2. The highest BCUT2D eigenvalue weighted by Gasteiger charge is 2.41. The van der Waals surface area contributed by atoms with Gasteiger partial charge in [-0.05, 0) is 45.7 Å². The first-order valence-corrected chi connectivity index (χ1v) is 9.55. The molecular formula is C14H27N3O2S. The second kappa shape index (κ2) is 5.91. The van der Waals surface area contributed by atoms with E-state index in [1.54, 1.807) is 0 Å². The first-order valence-electron chi connectivity index (χ1n) is 8.04. The van der Waals surface area contributed by atoms with E-state index in [1.165, 1.54) is 12.8 Å². The summed E-state index contributed by atoms with van der Waals surface area (Å²) in [6.45, 7) is 6.41. The number of nitrogens with one attached hydrogen (secondary N) is 1. The van der Waals surface area contributed by atoms with E-state index in [0.717, 1.165) is 38.9 Å². The topological polar surface area (TPSA) is 52.7 Å². The van der Waals surface area contributed by atoms with Gasteiger partial charge in [0, 0.05) is 31.7 Å². The number of sulfonamides is 1. The third kappa shape index (κ3) is 2.75. The van der Waals surface area contributed by atoms with Crippen LogP contribution in [0.1, 0.15) is 39.0 Å². The maximum absolute atomic E-state index is 12.9. The van der Waals surface area contributed by atoms with Gasteiger partial charge in [-0.15, -0.1) is 0 Å². The molecule has 3 heterocycles. The Morgan fingerprint density at radius 2 is 1.95 bits per heavy atom. The van der Waals surface area contributed by atoms with Crippen LogP contribution in [0.5, 0.6) is 0 Å². The predicted octanol–water partition coefficient (Wildman–Crippen LogP) is 0.627. The first-order chi connectivity index (χ1) is 9.59. The molecule has 0 saturated carbocycles. The molecule has 3 aliphatic heterocycles. The van der Waals surface area contributed by atoms with E-state index >= 15 is 0 Å². The van der Waals surface area contributed by atoms with Crippen LogP contribution in [0.15, 0.2) is 0 Å². The van der Waals surface area contributed by atoms with Gasteiger partial charge in [-0.3, -0.25) is 4.90 Å². The summed E-state index contributed by atoms with van der Waals surface area (Å²) in [5.41, 5.74) is 0. The van der Waals surface area contributed by atoms with Gasteiger partial charge in [0.1, 0.15) is 0 Å². The fourth-order valence-electron chi connectivity index (χ4n) is 3.95. The van der Waals surface area contributed by atoms with Crippen molar-refractivity contribution in [2.75, 3.05) is 32.7 Å². The molecule has 3 rings (SSSR count). The van der Waals surface area contributed by atoms with Gasteiger partial charge >= 0.3 is 0 Å². The van der Waals surface area contributed by atoms with Crippen LogP contribution in [-0.4, -0.2) is 67.7 Å². The molecule has 3 fully saturated rings. The Kier molecular flexibility index (Phi) is 4.36. The molecule has 3 saturated heterocycles. The van der Waals surface area contributed by atoms with E-state index in [4.69, 9.17) is 0 Å². The minimum atomic E-state index is -3.14. The molecule has 116 valence electrons. The van der Waals surface area contributed by atoms with Crippen molar-refractivity contribution < 1.29 is 8.42 Å². The molecule has 0 bridgehead atoms. The first kappa shape index (κ1) is 14.8. The van der Waals surface area contributed by atoms with Crippen LogP contribution in [0.2, 0.25) is 0 Å². The monoisotopic (exact) mass is 301 g/mol. The minimum absolute atomic E-state index is 0.122. The summed E-state index contributed by atoms with van der Waals surface area (Å²) in [6.07, 6.45) is 5.45. The molecule has 6 heteroatoms. The Morgan fingerprint density at radius 1 is 1.10 bits per heavy atom. The van der Waals surface area contributed by atoms with Crippen LogP contribution in [0, 0.1) is 0 Å². The summed E-state index contributed by atoms with van der Waals surface area (Å²) >= 11 is 0. The normalized spacial score (nSPS) is 37.5. The third-order valence-corrected chi connectivity index (χ3v) is 7.54. The second-order valence-electron chi connectivity index (χ2n) is 6.58. The average Bonchev–Trinajstić information content (AvgIpc) is 2.47. The Balaban J connectivity index is 1.74. The van der Waals surface area contributed by atoms with E-state index in [2.05, 4.69) is 17.1 Å². The van der Waals surface area contributed by atoms with Gasteiger partial charge in [-0.25, -0.2) is 8.42 Å². The molecule has 0 spiro atoms. The van der Waals surface area contributed by atoms with Crippen molar-refractivity contribution in [1.29, 1.82) is 0 Å². The Labute approximate surface area is 122 Å². The summed E-state index contributed by atoms with van der Waals surface area (Å²) in [5.74, 6) is 0. The molecule has 3 atom stereocenters. The molecular weight excluding hydrogens is 274 g/mol. The quantitative estimate of drug-likeness (QED) is 0.813. The molecule has 20 heavy (non-hydrogen) atoms. The highest BCUT2D eigenvalue weighted by molar-refractivity contribution is 7.89. The molecule has 5 nitrogen and oxygen atoms in total. The van der Waals surface area contributed by atoms with Crippen molar-refractivity contribution in [3.8, 4) is 0 Å². The molecule has 0 aromatic heterocycles. The maximum Gasteiger partial charge on any atom is 0.218 e. The lowest BCUT2D eigenvalue weighted by Gasteiger charge is -2.47. The van der Waals surface area contributed by atoms with Crippen LogP contribution >= 0.6 is 0 Å². The molecule has 0 amide bonds. The molecule has 0 aromatic carbocycles. The highest BCUT2D eigenvalue weighted by Crippen LogP contribution is 2.28. The van der Waals surface area contributed by atoms with Gasteiger partial charge in [0.2, 0.25) is 10.0 Å². The van der Waals surface area contributed by atoms with Crippen molar-refractivity contribution in [3.05, 3.63) is 0 Å². The zero-order chi connectivity index (χ0) is 14.2. The fourth-order valence-corrected chi connectivity index (χ4v) is 6.07. The van der Waals surface area contributed by atoms with Crippen molar-refractivity contribution >= 4 is 10.0 Å². The van der Waals surface area contributed by atoms with Gasteiger partial charge in [0.25, 0.3) is 0 Å². The van der Waals surface area contributed by atoms with Gasteiger partial charge in [0.05, 0.1) is 5.25 Å². The van der Waals surface area contributed by atoms with E-state index in [-0.39, 0.29) is 11.3 Å². The molecule has 3 unspecified atom stereocenters. The summed E-state index contributed by atoms with van der Waals surface area (Å²) < 4.78 is 27.6. The van der Waals surface area contributed by atoms with Crippen molar-refractivity contribution in [2.45, 2.75) is 56.4 Å². The van der Waals surface area contributed by atoms with Crippen LogP contribution in [0.4, 0.5) is 0 Å². The van der Waals surface area contributed by atoms with Crippen LogP contribution < -0.4 is 5.32 Å². The minimum Gasteiger partial charge on any atom is -0.315 e. The van der Waals surface area contributed by atoms with E-state index in [1.807, 2.05) is 4.31 Å². The SMILES string of the molecule is CC1CN2CCCCC2CN1S(=O)(=O)C1CCCNC1. The maximum atomic E-state index is 12.9. The summed E-state index contributed by atoms with van der Waals surface area (Å²) in [5, 5.41) is 3.02. The zero-order valence-corrected chi connectivity index (χ0v) is 13.2. The third-order valence-electron chi connectivity index (χ3n) is 5.13. The molecule has 0 aromatic rings. The fraction of sp³-hybridized carbons (Fsp3) is 1.00. The Morgan fingerprint density at radius 3 is 2.70 bits per heavy atom. The van der Waals surface area contributed by atoms with E-state index in [0.29, 0.717) is 19.1 Å². The number of nitrogens with zero attached hydrogens (tertiary/aromatic N) is 2. The second-order valence-corrected chi connectivity index (χ2v) is 8.74.